The highest BCUT2D eigenvalue weighted by molar-refractivity contribution is 4.93. The lowest BCUT2D eigenvalue weighted by Crippen LogP contribution is -2.17. The van der Waals surface area contributed by atoms with Crippen molar-refractivity contribution in [3.8, 4) is 0 Å². The number of allylic oxidation sites excluding steroid dienone is 2. The van der Waals surface area contributed by atoms with E-state index in [1.807, 2.05) is 10.9 Å². The molecule has 1 saturated carbocycles. The van der Waals surface area contributed by atoms with Crippen molar-refractivity contribution in [2.24, 2.45) is 11.8 Å². The Morgan fingerprint density at radius 1 is 0.889 bits per heavy atom. The quantitative estimate of drug-likeness (QED) is 0.743. The summed E-state index contributed by atoms with van der Waals surface area (Å²) in [4.78, 5) is 0. The van der Waals surface area contributed by atoms with Crippen LogP contribution in [0.15, 0.2) is 24.5 Å². The highest BCUT2D eigenvalue weighted by atomic mass is 15.4. The molecule has 18 heavy (non-hydrogen) atoms. The van der Waals surface area contributed by atoms with Crippen molar-refractivity contribution < 1.29 is 0 Å². The molecular formula is C15H23N3. The van der Waals surface area contributed by atoms with Gasteiger partial charge in [-0.3, -0.25) is 0 Å². The van der Waals surface area contributed by atoms with Crippen LogP contribution >= 0.6 is 0 Å². The number of nitrogens with zero attached hydrogens (tertiary/aromatic N) is 3. The van der Waals surface area contributed by atoms with Gasteiger partial charge in [0.2, 0.25) is 0 Å². The Bertz CT molecular complexity index is 376. The molecule has 98 valence electrons. The lowest BCUT2D eigenvalue weighted by molar-refractivity contribution is 0.278. The molecule has 0 aliphatic heterocycles. The molecule has 0 saturated heterocycles. The van der Waals surface area contributed by atoms with Gasteiger partial charge in [0.15, 0.2) is 0 Å². The number of hydrogen-bond donors (Lipinski definition) is 0. The third kappa shape index (κ3) is 2.65. The summed E-state index contributed by atoms with van der Waals surface area (Å²) < 4.78 is 2.04. The summed E-state index contributed by atoms with van der Waals surface area (Å²) in [5.41, 5.74) is 0. The molecule has 3 nitrogen and oxygen atoms in total. The summed E-state index contributed by atoms with van der Waals surface area (Å²) in [5.74, 6) is 1.90. The number of aromatic nitrogens is 3. The minimum Gasteiger partial charge on any atom is -0.249 e. The van der Waals surface area contributed by atoms with Crippen molar-refractivity contribution in [1.82, 2.24) is 15.0 Å². The largest absolute Gasteiger partial charge is 0.249 e. The Kier molecular flexibility index (Phi) is 3.77. The van der Waals surface area contributed by atoms with Crippen LogP contribution in [0.3, 0.4) is 0 Å². The SMILES string of the molecule is C1=C\CC(n2ccnn2)CCC(C2CCCC2)C/1. The normalized spacial score (nSPS) is 32.0. The minimum absolute atomic E-state index is 0.521. The maximum absolute atomic E-state index is 4.17. The fraction of sp³-hybridized carbons (Fsp3) is 0.733. The minimum atomic E-state index is 0.521. The Hall–Kier alpha value is -1.12. The van der Waals surface area contributed by atoms with E-state index in [1.165, 1.54) is 44.9 Å². The fourth-order valence-electron chi connectivity index (χ4n) is 3.68. The zero-order valence-electron chi connectivity index (χ0n) is 11.0. The van der Waals surface area contributed by atoms with Crippen LogP contribution in [0.2, 0.25) is 0 Å². The molecule has 2 atom stereocenters. The van der Waals surface area contributed by atoms with Gasteiger partial charge in [0.25, 0.3) is 0 Å². The summed E-state index contributed by atoms with van der Waals surface area (Å²) in [5, 5.41) is 8.10. The molecule has 0 spiro atoms. The van der Waals surface area contributed by atoms with E-state index in [2.05, 4.69) is 22.5 Å². The van der Waals surface area contributed by atoms with Gasteiger partial charge in [0.05, 0.1) is 12.2 Å². The van der Waals surface area contributed by atoms with E-state index in [0.717, 1.165) is 18.3 Å². The fourth-order valence-corrected chi connectivity index (χ4v) is 3.68. The Balaban J connectivity index is 1.65. The predicted molar refractivity (Wildman–Crippen MR) is 72.1 cm³/mol. The van der Waals surface area contributed by atoms with Crippen molar-refractivity contribution in [3.63, 3.8) is 0 Å². The summed E-state index contributed by atoms with van der Waals surface area (Å²) >= 11 is 0. The molecule has 3 heteroatoms. The van der Waals surface area contributed by atoms with Crippen LogP contribution in [-0.2, 0) is 0 Å². The predicted octanol–water partition coefficient (Wildman–Crippen LogP) is 3.76. The molecule has 0 radical (unpaired) electrons. The van der Waals surface area contributed by atoms with Crippen LogP contribution in [0, 0.1) is 11.8 Å². The average Bonchev–Trinajstić information content (AvgIpc) is 3.01. The van der Waals surface area contributed by atoms with Gasteiger partial charge < -0.3 is 0 Å². The first-order valence-electron chi connectivity index (χ1n) is 7.44. The topological polar surface area (TPSA) is 30.7 Å². The third-order valence-electron chi connectivity index (χ3n) is 4.77. The molecule has 3 rings (SSSR count). The monoisotopic (exact) mass is 245 g/mol. The van der Waals surface area contributed by atoms with Crippen molar-refractivity contribution in [2.45, 2.75) is 57.4 Å². The van der Waals surface area contributed by atoms with Crippen LogP contribution in [0.4, 0.5) is 0 Å². The van der Waals surface area contributed by atoms with Crippen molar-refractivity contribution in [1.29, 1.82) is 0 Å². The summed E-state index contributed by atoms with van der Waals surface area (Å²) in [6.45, 7) is 0. The number of rotatable bonds is 2. The Morgan fingerprint density at radius 2 is 1.72 bits per heavy atom. The van der Waals surface area contributed by atoms with Gasteiger partial charge in [-0.25, -0.2) is 4.68 Å². The van der Waals surface area contributed by atoms with E-state index in [-0.39, 0.29) is 0 Å². The second kappa shape index (κ2) is 5.68. The van der Waals surface area contributed by atoms with Gasteiger partial charge in [0, 0.05) is 6.20 Å². The summed E-state index contributed by atoms with van der Waals surface area (Å²) in [6, 6.07) is 0.521. The second-order valence-corrected chi connectivity index (χ2v) is 5.86. The smallest absolute Gasteiger partial charge is 0.0693 e. The van der Waals surface area contributed by atoms with Gasteiger partial charge in [-0.2, -0.15) is 0 Å². The van der Waals surface area contributed by atoms with Crippen LogP contribution < -0.4 is 0 Å². The molecular weight excluding hydrogens is 222 g/mol. The van der Waals surface area contributed by atoms with Gasteiger partial charge in [-0.15, -0.1) is 5.10 Å². The maximum atomic E-state index is 4.17. The van der Waals surface area contributed by atoms with Gasteiger partial charge in [-0.05, 0) is 37.5 Å². The van der Waals surface area contributed by atoms with Crippen molar-refractivity contribution >= 4 is 0 Å². The van der Waals surface area contributed by atoms with Crippen LogP contribution in [-0.4, -0.2) is 15.0 Å². The molecule has 2 unspecified atom stereocenters. The molecule has 0 bridgehead atoms. The van der Waals surface area contributed by atoms with E-state index in [1.54, 1.807) is 6.20 Å². The van der Waals surface area contributed by atoms with Gasteiger partial charge in [0.1, 0.15) is 0 Å². The van der Waals surface area contributed by atoms with Crippen molar-refractivity contribution in [3.05, 3.63) is 24.5 Å². The molecule has 2 aliphatic rings. The molecule has 0 amide bonds. The van der Waals surface area contributed by atoms with Gasteiger partial charge >= 0.3 is 0 Å². The first-order chi connectivity index (χ1) is 8.93. The van der Waals surface area contributed by atoms with Crippen molar-refractivity contribution in [2.75, 3.05) is 0 Å². The molecule has 0 N–H and O–H groups in total. The highest BCUT2D eigenvalue weighted by Gasteiger charge is 2.26. The first-order valence-corrected chi connectivity index (χ1v) is 7.44. The second-order valence-electron chi connectivity index (χ2n) is 5.86. The van der Waals surface area contributed by atoms with Gasteiger partial charge in [-0.1, -0.05) is 43.0 Å². The lowest BCUT2D eigenvalue weighted by Gasteiger charge is -2.26. The van der Waals surface area contributed by atoms with Crippen LogP contribution in [0.25, 0.3) is 0 Å². The van der Waals surface area contributed by atoms with E-state index >= 15 is 0 Å². The standard InChI is InChI=1S/C15H23N3/c1-2-6-13(5-1)14-7-3-4-8-15(10-9-14)18-12-11-16-17-18/h3-4,11-15H,1-2,5-10H2/b4-3-. The molecule has 1 heterocycles. The van der Waals surface area contributed by atoms with E-state index in [4.69, 9.17) is 0 Å². The van der Waals surface area contributed by atoms with Crippen LogP contribution in [0.1, 0.15) is 57.4 Å². The van der Waals surface area contributed by atoms with Crippen LogP contribution in [0.5, 0.6) is 0 Å². The zero-order chi connectivity index (χ0) is 12.2. The number of hydrogen-bond acceptors (Lipinski definition) is 2. The molecule has 0 aromatic carbocycles. The maximum Gasteiger partial charge on any atom is 0.0693 e. The summed E-state index contributed by atoms with van der Waals surface area (Å²) in [6.07, 6.45) is 19.4. The molecule has 2 aliphatic carbocycles. The molecule has 1 fully saturated rings. The lowest BCUT2D eigenvalue weighted by atomic mass is 9.82. The summed E-state index contributed by atoms with van der Waals surface area (Å²) in [7, 11) is 0. The molecule has 1 aromatic heterocycles. The van der Waals surface area contributed by atoms with E-state index in [9.17, 15) is 0 Å². The Labute approximate surface area is 109 Å². The Morgan fingerprint density at radius 3 is 2.50 bits per heavy atom. The first kappa shape index (κ1) is 11.9. The highest BCUT2D eigenvalue weighted by Crippen LogP contribution is 2.38. The zero-order valence-corrected chi connectivity index (χ0v) is 11.0. The van der Waals surface area contributed by atoms with E-state index in [0.29, 0.717) is 6.04 Å². The molecule has 1 aromatic rings. The third-order valence-corrected chi connectivity index (χ3v) is 4.77. The van der Waals surface area contributed by atoms with E-state index < -0.39 is 0 Å². The average molecular weight is 245 g/mol.